The molecule has 1 saturated carbocycles. The van der Waals surface area contributed by atoms with E-state index in [1.807, 2.05) is 0 Å². The maximum Gasteiger partial charge on any atom is 0.417 e. The highest BCUT2D eigenvalue weighted by Crippen LogP contribution is 2.38. The Kier molecular flexibility index (Phi) is 4.64. The van der Waals surface area contributed by atoms with Crippen LogP contribution in [0.1, 0.15) is 44.6 Å². The molecule has 3 aromatic heterocycles. The largest absolute Gasteiger partial charge is 0.463 e. The molecule has 0 N–H and O–H groups in total. The van der Waals surface area contributed by atoms with E-state index in [1.165, 1.54) is 23.7 Å². The molecule has 3 aromatic rings. The SMILES string of the molecule is CC(=O)N(c1c(-c2ccco2)nc2ccc(C(F)(F)F)cn12)C1CCCCC1. The minimum atomic E-state index is -4.49. The monoisotopic (exact) mass is 391 g/mol. The number of nitrogens with zero attached hydrogens (tertiary/aromatic N) is 3. The molecule has 1 amide bonds. The van der Waals surface area contributed by atoms with Crippen LogP contribution in [0.3, 0.4) is 0 Å². The van der Waals surface area contributed by atoms with Gasteiger partial charge in [-0.3, -0.25) is 14.1 Å². The van der Waals surface area contributed by atoms with Crippen molar-refractivity contribution in [1.82, 2.24) is 9.38 Å². The van der Waals surface area contributed by atoms with Gasteiger partial charge in [0.05, 0.1) is 11.8 Å². The molecule has 3 heterocycles. The molecular formula is C20H20F3N3O2. The number of furan rings is 1. The number of amides is 1. The summed E-state index contributed by atoms with van der Waals surface area (Å²) in [5.41, 5.74) is -0.0988. The lowest BCUT2D eigenvalue weighted by atomic mass is 9.94. The average Bonchev–Trinajstić information content (AvgIpc) is 3.29. The number of imidazole rings is 1. The van der Waals surface area contributed by atoms with E-state index in [-0.39, 0.29) is 11.9 Å². The lowest BCUT2D eigenvalue weighted by Gasteiger charge is -2.33. The Hall–Kier alpha value is -2.77. The Bertz CT molecular complexity index is 986. The van der Waals surface area contributed by atoms with Crippen molar-refractivity contribution in [2.75, 3.05) is 4.90 Å². The molecule has 0 bridgehead atoms. The van der Waals surface area contributed by atoms with Crippen LogP contribution in [0.4, 0.5) is 19.0 Å². The van der Waals surface area contributed by atoms with Gasteiger partial charge in [0.15, 0.2) is 11.6 Å². The average molecular weight is 391 g/mol. The van der Waals surface area contributed by atoms with Gasteiger partial charge in [-0.15, -0.1) is 0 Å². The van der Waals surface area contributed by atoms with E-state index in [1.54, 1.807) is 17.0 Å². The van der Waals surface area contributed by atoms with Gasteiger partial charge in [-0.2, -0.15) is 13.2 Å². The standard InChI is InChI=1S/C20H20F3N3O2/c1-13(27)26(15-6-3-2-4-7-15)19-18(16-8-5-11-28-16)24-17-10-9-14(12-25(17)19)20(21,22)23/h5,8-12,15H,2-4,6-7H2,1H3. The number of rotatable bonds is 3. The predicted octanol–water partition coefficient (Wildman–Crippen LogP) is 5.30. The zero-order valence-corrected chi connectivity index (χ0v) is 15.4. The summed E-state index contributed by atoms with van der Waals surface area (Å²) in [6, 6.07) is 5.61. The van der Waals surface area contributed by atoms with Crippen LogP contribution in [0.15, 0.2) is 41.1 Å². The smallest absolute Gasteiger partial charge is 0.417 e. The Labute approximate surface area is 159 Å². The lowest BCUT2D eigenvalue weighted by Crippen LogP contribution is -2.41. The van der Waals surface area contributed by atoms with Crippen molar-refractivity contribution in [2.24, 2.45) is 0 Å². The van der Waals surface area contributed by atoms with E-state index in [4.69, 9.17) is 4.42 Å². The van der Waals surface area contributed by atoms with Gasteiger partial charge < -0.3 is 4.42 Å². The second-order valence-electron chi connectivity index (χ2n) is 7.09. The summed E-state index contributed by atoms with van der Waals surface area (Å²) >= 11 is 0. The first-order chi connectivity index (χ1) is 13.4. The highest BCUT2D eigenvalue weighted by Gasteiger charge is 2.34. The Morgan fingerprint density at radius 3 is 2.57 bits per heavy atom. The van der Waals surface area contributed by atoms with Crippen LogP contribution in [0.25, 0.3) is 17.1 Å². The molecule has 1 fully saturated rings. The third kappa shape index (κ3) is 3.27. The molecule has 28 heavy (non-hydrogen) atoms. The summed E-state index contributed by atoms with van der Waals surface area (Å²) in [5.74, 6) is 0.517. The Balaban J connectivity index is 1.96. The lowest BCUT2D eigenvalue weighted by molar-refractivity contribution is -0.137. The zero-order valence-electron chi connectivity index (χ0n) is 15.4. The van der Waals surface area contributed by atoms with E-state index in [2.05, 4.69) is 4.98 Å². The van der Waals surface area contributed by atoms with Crippen LogP contribution in [-0.2, 0) is 11.0 Å². The van der Waals surface area contributed by atoms with Gasteiger partial charge in [0.2, 0.25) is 5.91 Å². The molecule has 0 spiro atoms. The van der Waals surface area contributed by atoms with Gasteiger partial charge in [-0.1, -0.05) is 19.3 Å². The van der Waals surface area contributed by atoms with Gasteiger partial charge >= 0.3 is 6.18 Å². The number of carbonyl (C=O) groups excluding carboxylic acids is 1. The third-order valence-corrected chi connectivity index (χ3v) is 5.18. The van der Waals surface area contributed by atoms with Crippen LogP contribution in [0, 0.1) is 0 Å². The fraction of sp³-hybridized carbons (Fsp3) is 0.400. The molecule has 0 aliphatic heterocycles. The Morgan fingerprint density at radius 1 is 1.21 bits per heavy atom. The van der Waals surface area contributed by atoms with Crippen molar-refractivity contribution in [3.63, 3.8) is 0 Å². The van der Waals surface area contributed by atoms with E-state index in [9.17, 15) is 18.0 Å². The summed E-state index contributed by atoms with van der Waals surface area (Å²) < 4.78 is 46.8. The van der Waals surface area contributed by atoms with E-state index in [0.29, 0.717) is 22.9 Å². The highest BCUT2D eigenvalue weighted by atomic mass is 19.4. The van der Waals surface area contributed by atoms with Crippen LogP contribution < -0.4 is 4.90 Å². The molecular weight excluding hydrogens is 371 g/mol. The van der Waals surface area contributed by atoms with E-state index >= 15 is 0 Å². The minimum Gasteiger partial charge on any atom is -0.463 e. The zero-order chi connectivity index (χ0) is 19.9. The third-order valence-electron chi connectivity index (χ3n) is 5.18. The number of hydrogen-bond acceptors (Lipinski definition) is 3. The molecule has 4 rings (SSSR count). The molecule has 0 saturated heterocycles. The molecule has 0 radical (unpaired) electrons. The number of aromatic nitrogens is 2. The predicted molar refractivity (Wildman–Crippen MR) is 97.9 cm³/mol. The summed E-state index contributed by atoms with van der Waals surface area (Å²) in [6.45, 7) is 1.44. The number of carbonyl (C=O) groups is 1. The maximum absolute atomic E-state index is 13.3. The molecule has 148 valence electrons. The van der Waals surface area contributed by atoms with Crippen molar-refractivity contribution >= 4 is 17.4 Å². The quantitative estimate of drug-likeness (QED) is 0.609. The number of pyridine rings is 1. The van der Waals surface area contributed by atoms with Gasteiger partial charge in [-0.05, 0) is 37.1 Å². The molecule has 0 unspecified atom stereocenters. The first kappa shape index (κ1) is 18.6. The van der Waals surface area contributed by atoms with Crippen LogP contribution >= 0.6 is 0 Å². The first-order valence-corrected chi connectivity index (χ1v) is 9.29. The van der Waals surface area contributed by atoms with Crippen LogP contribution in [-0.4, -0.2) is 21.3 Å². The van der Waals surface area contributed by atoms with Gasteiger partial charge in [0.25, 0.3) is 0 Å². The molecule has 1 aliphatic carbocycles. The molecule has 8 heteroatoms. The van der Waals surface area contributed by atoms with Gasteiger partial charge in [-0.25, -0.2) is 4.98 Å². The molecule has 0 atom stereocenters. The van der Waals surface area contributed by atoms with Crippen molar-refractivity contribution < 1.29 is 22.4 Å². The first-order valence-electron chi connectivity index (χ1n) is 9.29. The van der Waals surface area contributed by atoms with Crippen LogP contribution in [0.2, 0.25) is 0 Å². The number of anilines is 1. The summed E-state index contributed by atoms with van der Waals surface area (Å²) in [6.07, 6.45) is 2.66. The normalized spacial score (nSPS) is 15.9. The fourth-order valence-electron chi connectivity index (χ4n) is 3.93. The summed E-state index contributed by atoms with van der Waals surface area (Å²) in [4.78, 5) is 18.7. The Morgan fingerprint density at radius 2 is 1.96 bits per heavy atom. The maximum atomic E-state index is 13.3. The molecule has 1 aliphatic rings. The summed E-state index contributed by atoms with van der Waals surface area (Å²) in [5, 5.41) is 0. The number of halogens is 3. The number of hydrogen-bond donors (Lipinski definition) is 0. The van der Waals surface area contributed by atoms with Crippen LogP contribution in [0.5, 0.6) is 0 Å². The second kappa shape index (κ2) is 7.00. The van der Waals surface area contributed by atoms with Gasteiger partial charge in [0.1, 0.15) is 11.3 Å². The van der Waals surface area contributed by atoms with Gasteiger partial charge in [0, 0.05) is 19.2 Å². The van der Waals surface area contributed by atoms with Crippen molar-refractivity contribution in [3.05, 3.63) is 42.3 Å². The second-order valence-corrected chi connectivity index (χ2v) is 7.09. The summed E-state index contributed by atoms with van der Waals surface area (Å²) in [7, 11) is 0. The van der Waals surface area contributed by atoms with E-state index in [0.717, 1.165) is 44.4 Å². The molecule has 0 aromatic carbocycles. The van der Waals surface area contributed by atoms with Crippen molar-refractivity contribution in [3.8, 4) is 11.5 Å². The van der Waals surface area contributed by atoms with Crippen molar-refractivity contribution in [2.45, 2.75) is 51.2 Å². The molecule has 5 nitrogen and oxygen atoms in total. The highest BCUT2D eigenvalue weighted by molar-refractivity contribution is 5.95. The topological polar surface area (TPSA) is 50.8 Å². The number of fused-ring (bicyclic) bond motifs is 1. The minimum absolute atomic E-state index is 0.0746. The number of alkyl halides is 3. The van der Waals surface area contributed by atoms with E-state index < -0.39 is 11.7 Å². The fourth-order valence-corrected chi connectivity index (χ4v) is 3.93. The van der Waals surface area contributed by atoms with Crippen molar-refractivity contribution in [1.29, 1.82) is 0 Å².